The molecule has 0 aliphatic heterocycles. The number of hydrogen-bond donors (Lipinski definition) is 2. The molecule has 9 heteroatoms. The molecule has 1 atom stereocenters. The van der Waals surface area contributed by atoms with Gasteiger partial charge < -0.3 is 5.11 Å². The minimum atomic E-state index is -0.743. The molecule has 2 heterocycles. The van der Waals surface area contributed by atoms with Gasteiger partial charge in [-0.25, -0.2) is 15.0 Å². The first-order valence-corrected chi connectivity index (χ1v) is 7.62. The number of aryl methyl sites for hydroxylation is 1. The number of hydrogen-bond acceptors (Lipinski definition) is 7. The van der Waals surface area contributed by atoms with Crippen LogP contribution < -0.4 is 5.32 Å². The van der Waals surface area contributed by atoms with Gasteiger partial charge in [-0.1, -0.05) is 11.3 Å². The Hall–Kier alpha value is -2.26. The highest BCUT2D eigenvalue weighted by molar-refractivity contribution is 7.80. The molecule has 1 unspecified atom stereocenters. The van der Waals surface area contributed by atoms with Crippen molar-refractivity contribution in [3.63, 3.8) is 0 Å². The number of anilines is 1. The number of nitrogens with one attached hydrogen (secondary N) is 1. The van der Waals surface area contributed by atoms with Crippen LogP contribution in [-0.2, 0) is 6.42 Å². The number of ketones is 2. The molecule has 7 nitrogen and oxygen atoms in total. The van der Waals surface area contributed by atoms with Crippen LogP contribution in [0.1, 0.15) is 32.1 Å². The minimum absolute atomic E-state index is 0.260. The fourth-order valence-corrected chi connectivity index (χ4v) is 3.47. The third-order valence-electron chi connectivity index (χ3n) is 3.28. The number of aliphatic hydroxyl groups is 1. The van der Waals surface area contributed by atoms with Crippen molar-refractivity contribution in [2.45, 2.75) is 12.8 Å². The maximum atomic E-state index is 12.5. The number of thiazole rings is 1. The lowest BCUT2D eigenvalue weighted by molar-refractivity contribution is 0.0792. The Morgan fingerprint density at radius 1 is 1.41 bits per heavy atom. The zero-order valence-corrected chi connectivity index (χ0v) is 12.8. The molecule has 0 saturated carbocycles. The van der Waals surface area contributed by atoms with Gasteiger partial charge >= 0.3 is 0 Å². The number of aliphatic hydroxyl groups excluding tert-OH is 1. The molecule has 2 N–H and O–H groups in total. The molecule has 2 aromatic rings. The first kappa shape index (κ1) is 14.7. The van der Waals surface area contributed by atoms with Gasteiger partial charge in [-0.15, -0.1) is 0 Å². The SMILES string of the molecule is O=C(c1cncnc1)C1CCc2nc(NC(O)=S)sc2C1=O. The topological polar surface area (TPSA) is 105 Å². The van der Waals surface area contributed by atoms with Crippen LogP contribution in [0.3, 0.4) is 0 Å². The van der Waals surface area contributed by atoms with E-state index in [1.807, 2.05) is 0 Å². The van der Waals surface area contributed by atoms with E-state index in [0.717, 1.165) is 11.3 Å². The molecule has 1 aliphatic rings. The minimum Gasteiger partial charge on any atom is -0.486 e. The van der Waals surface area contributed by atoms with Crippen LogP contribution in [0.5, 0.6) is 0 Å². The first-order chi connectivity index (χ1) is 10.6. The summed E-state index contributed by atoms with van der Waals surface area (Å²) in [6.07, 6.45) is 5.05. The third kappa shape index (κ3) is 2.72. The van der Waals surface area contributed by atoms with Gasteiger partial charge in [-0.2, -0.15) is 0 Å². The zero-order valence-electron chi connectivity index (χ0n) is 11.1. The van der Waals surface area contributed by atoms with Crippen LogP contribution in [-0.4, -0.2) is 36.8 Å². The van der Waals surface area contributed by atoms with E-state index in [1.165, 1.54) is 18.7 Å². The molecule has 22 heavy (non-hydrogen) atoms. The molecule has 1 aliphatic carbocycles. The molecular weight excluding hydrogens is 324 g/mol. The molecule has 0 bridgehead atoms. The summed E-state index contributed by atoms with van der Waals surface area (Å²) in [6, 6.07) is 0. The predicted octanol–water partition coefficient (Wildman–Crippen LogP) is 1.82. The summed E-state index contributed by atoms with van der Waals surface area (Å²) >= 11 is 5.62. The standard InChI is InChI=1S/C13H10N4O3S2/c18-9(6-3-14-5-15-4-6)7-1-2-8-11(10(7)19)22-12(16-8)17-13(20)21/h3-5,7H,1-2H2,(H2,16,17,20,21). The largest absolute Gasteiger partial charge is 0.486 e. The summed E-state index contributed by atoms with van der Waals surface area (Å²) < 4.78 is 0. The van der Waals surface area contributed by atoms with E-state index in [0.29, 0.717) is 34.1 Å². The van der Waals surface area contributed by atoms with E-state index in [-0.39, 0.29) is 11.6 Å². The van der Waals surface area contributed by atoms with E-state index in [1.54, 1.807) is 0 Å². The van der Waals surface area contributed by atoms with Crippen LogP contribution in [0.15, 0.2) is 18.7 Å². The van der Waals surface area contributed by atoms with Crippen molar-refractivity contribution in [3.8, 4) is 0 Å². The number of fused-ring (bicyclic) bond motifs is 1. The Morgan fingerprint density at radius 3 is 2.82 bits per heavy atom. The van der Waals surface area contributed by atoms with Crippen molar-refractivity contribution in [2.75, 3.05) is 5.32 Å². The lowest BCUT2D eigenvalue weighted by Crippen LogP contribution is -2.29. The summed E-state index contributed by atoms with van der Waals surface area (Å²) in [5.41, 5.74) is 0.950. The monoisotopic (exact) mass is 334 g/mol. The van der Waals surface area contributed by atoms with Crippen molar-refractivity contribution in [2.24, 2.45) is 5.92 Å². The van der Waals surface area contributed by atoms with E-state index in [9.17, 15) is 9.59 Å². The highest BCUT2D eigenvalue weighted by atomic mass is 32.1. The van der Waals surface area contributed by atoms with Crippen molar-refractivity contribution < 1.29 is 14.7 Å². The van der Waals surface area contributed by atoms with Crippen LogP contribution in [0.2, 0.25) is 0 Å². The van der Waals surface area contributed by atoms with Crippen LogP contribution >= 0.6 is 23.6 Å². The number of rotatable bonds is 3. The number of nitrogens with zero attached hydrogens (tertiary/aromatic N) is 3. The van der Waals surface area contributed by atoms with Gasteiger partial charge in [0.25, 0.3) is 5.17 Å². The summed E-state index contributed by atoms with van der Waals surface area (Å²) in [5.74, 6) is -1.28. The molecule has 0 aromatic carbocycles. The average Bonchev–Trinajstić information content (AvgIpc) is 2.90. The summed E-state index contributed by atoms with van der Waals surface area (Å²) in [6.45, 7) is 0. The number of aromatic nitrogens is 3. The van der Waals surface area contributed by atoms with E-state index in [2.05, 4.69) is 32.5 Å². The molecular formula is C13H10N4O3S2. The number of Topliss-reactive ketones (excluding diaryl/α,β-unsaturated/α-hetero) is 2. The lowest BCUT2D eigenvalue weighted by atomic mass is 9.85. The van der Waals surface area contributed by atoms with Crippen molar-refractivity contribution in [1.82, 2.24) is 15.0 Å². The van der Waals surface area contributed by atoms with E-state index < -0.39 is 11.1 Å². The normalized spacial score (nSPS) is 16.9. The number of carbonyl (C=O) groups is 2. The maximum absolute atomic E-state index is 12.5. The van der Waals surface area contributed by atoms with Gasteiger partial charge in [0, 0.05) is 12.4 Å². The fraction of sp³-hybridized carbons (Fsp3) is 0.231. The molecule has 0 radical (unpaired) electrons. The second-order valence-corrected chi connectivity index (χ2v) is 6.06. The second-order valence-electron chi connectivity index (χ2n) is 4.67. The van der Waals surface area contributed by atoms with Gasteiger partial charge in [0.2, 0.25) is 0 Å². The Labute approximate surface area is 134 Å². The summed E-state index contributed by atoms with van der Waals surface area (Å²) in [5, 5.41) is 11.5. The molecule has 0 spiro atoms. The van der Waals surface area contributed by atoms with Gasteiger partial charge in [0.1, 0.15) is 6.33 Å². The van der Waals surface area contributed by atoms with Gasteiger partial charge in [0.15, 0.2) is 16.7 Å². The van der Waals surface area contributed by atoms with Crippen molar-refractivity contribution in [1.29, 1.82) is 0 Å². The Bertz CT molecular complexity index is 760. The molecule has 3 rings (SSSR count). The van der Waals surface area contributed by atoms with Crippen molar-refractivity contribution >= 4 is 45.4 Å². The molecule has 2 aromatic heterocycles. The van der Waals surface area contributed by atoms with Crippen LogP contribution in [0, 0.1) is 5.92 Å². The lowest BCUT2D eigenvalue weighted by Gasteiger charge is -2.18. The molecule has 0 amide bonds. The summed E-state index contributed by atoms with van der Waals surface area (Å²) in [4.78, 5) is 37.2. The van der Waals surface area contributed by atoms with E-state index in [4.69, 9.17) is 5.11 Å². The maximum Gasteiger partial charge on any atom is 0.260 e. The zero-order chi connectivity index (χ0) is 15.7. The van der Waals surface area contributed by atoms with Crippen molar-refractivity contribution in [3.05, 3.63) is 34.9 Å². The third-order valence-corrected chi connectivity index (χ3v) is 4.41. The molecule has 0 fully saturated rings. The van der Waals surface area contributed by atoms with Gasteiger partial charge in [-0.3, -0.25) is 14.9 Å². The fourth-order valence-electron chi connectivity index (χ4n) is 2.31. The molecule has 0 saturated heterocycles. The predicted molar refractivity (Wildman–Crippen MR) is 83.5 cm³/mol. The Kier molecular flexibility index (Phi) is 3.90. The quantitative estimate of drug-likeness (QED) is 0.497. The van der Waals surface area contributed by atoms with Gasteiger partial charge in [0.05, 0.1) is 22.1 Å². The number of carbonyl (C=O) groups excluding carboxylic acids is 2. The highest BCUT2D eigenvalue weighted by Gasteiger charge is 2.36. The second kappa shape index (κ2) is 5.85. The Balaban J connectivity index is 1.86. The summed E-state index contributed by atoms with van der Waals surface area (Å²) in [7, 11) is 0. The van der Waals surface area contributed by atoms with E-state index >= 15 is 0 Å². The number of thiocarbonyl (C=S) groups is 1. The average molecular weight is 334 g/mol. The first-order valence-electron chi connectivity index (χ1n) is 6.39. The highest BCUT2D eigenvalue weighted by Crippen LogP contribution is 2.33. The Morgan fingerprint density at radius 2 is 2.14 bits per heavy atom. The smallest absolute Gasteiger partial charge is 0.260 e. The van der Waals surface area contributed by atoms with Crippen LogP contribution in [0.4, 0.5) is 5.13 Å². The molecule has 112 valence electrons. The van der Waals surface area contributed by atoms with Gasteiger partial charge in [-0.05, 0) is 25.1 Å². The van der Waals surface area contributed by atoms with Crippen LogP contribution in [0.25, 0.3) is 0 Å².